The molecule has 2 aromatic carbocycles. The standard InChI is InChI=1S/C35H43ClN4O5/c1-19(2)14-30(35(43)44)38-31(41)18-37-34(42)29-17-28-25(10-8-11-27(28)32-22(5)39-40(7)23(32)6)26(29)12-9-13-45-24-15-20(3)33(36)21(4)16-24/h8,10-11,15-16,19,30H,9,12-14,17-18H2,1-7H3,(H,37,42)(H,38,41)(H,43,44)/t30-/m0/s1. The maximum absolute atomic E-state index is 13.6. The van der Waals surface area contributed by atoms with Gasteiger partial charge >= 0.3 is 5.97 Å². The number of nitrogens with one attached hydrogen (secondary N) is 2. The molecule has 240 valence electrons. The van der Waals surface area contributed by atoms with Gasteiger partial charge in [-0.15, -0.1) is 0 Å². The molecule has 2 amide bonds. The number of hydrogen-bond acceptors (Lipinski definition) is 5. The minimum atomic E-state index is -1.10. The molecule has 10 heteroatoms. The van der Waals surface area contributed by atoms with E-state index >= 15 is 0 Å². The normalized spacial score (nSPS) is 13.2. The Hall–Kier alpha value is -4.11. The van der Waals surface area contributed by atoms with E-state index in [1.165, 1.54) is 0 Å². The van der Waals surface area contributed by atoms with Crippen molar-refractivity contribution in [3.8, 4) is 16.9 Å². The minimum absolute atomic E-state index is 0.0868. The van der Waals surface area contributed by atoms with Gasteiger partial charge in [-0.05, 0) is 98.4 Å². The van der Waals surface area contributed by atoms with Crippen molar-refractivity contribution in [1.82, 2.24) is 20.4 Å². The second-order valence-electron chi connectivity index (χ2n) is 12.2. The number of aliphatic carboxylic acids is 1. The van der Waals surface area contributed by atoms with Crippen molar-refractivity contribution in [2.75, 3.05) is 13.2 Å². The number of carboxylic acids is 1. The number of nitrogens with zero attached hydrogens (tertiary/aromatic N) is 2. The molecule has 0 unspecified atom stereocenters. The van der Waals surface area contributed by atoms with Crippen LogP contribution in [0.15, 0.2) is 35.9 Å². The van der Waals surface area contributed by atoms with E-state index in [1.807, 2.05) is 77.5 Å². The van der Waals surface area contributed by atoms with Gasteiger partial charge in [-0.25, -0.2) is 4.79 Å². The van der Waals surface area contributed by atoms with E-state index in [1.54, 1.807) is 0 Å². The highest BCUT2D eigenvalue weighted by Crippen LogP contribution is 2.42. The molecule has 4 rings (SSSR count). The molecule has 1 heterocycles. The van der Waals surface area contributed by atoms with Crippen molar-refractivity contribution >= 4 is 35.0 Å². The van der Waals surface area contributed by atoms with Gasteiger partial charge < -0.3 is 20.5 Å². The summed E-state index contributed by atoms with van der Waals surface area (Å²) in [6, 6.07) is 8.94. The summed E-state index contributed by atoms with van der Waals surface area (Å²) in [4.78, 5) is 37.9. The number of allylic oxidation sites excluding steroid dienone is 1. The lowest BCUT2D eigenvalue weighted by Crippen LogP contribution is -2.46. The molecule has 0 radical (unpaired) electrons. The fraction of sp³-hybridized carbons (Fsp3) is 0.429. The lowest BCUT2D eigenvalue weighted by Gasteiger charge is -2.17. The summed E-state index contributed by atoms with van der Waals surface area (Å²) in [6.07, 6.45) is 1.96. The van der Waals surface area contributed by atoms with Crippen LogP contribution in [0.4, 0.5) is 0 Å². The van der Waals surface area contributed by atoms with Crippen LogP contribution in [0.1, 0.15) is 66.8 Å². The second-order valence-corrected chi connectivity index (χ2v) is 12.6. The Labute approximate surface area is 270 Å². The first-order valence-corrected chi connectivity index (χ1v) is 15.7. The fourth-order valence-corrected chi connectivity index (χ4v) is 6.15. The molecule has 0 bridgehead atoms. The third-order valence-corrected chi connectivity index (χ3v) is 8.87. The molecular weight excluding hydrogens is 592 g/mol. The van der Waals surface area contributed by atoms with E-state index in [2.05, 4.69) is 21.8 Å². The molecule has 0 saturated heterocycles. The zero-order valence-electron chi connectivity index (χ0n) is 27.1. The third-order valence-electron chi connectivity index (χ3n) is 8.27. The molecule has 45 heavy (non-hydrogen) atoms. The lowest BCUT2D eigenvalue weighted by molar-refractivity contribution is -0.142. The number of carbonyl (C=O) groups excluding carboxylic acids is 2. The van der Waals surface area contributed by atoms with Gasteiger partial charge in [0.1, 0.15) is 11.8 Å². The van der Waals surface area contributed by atoms with Crippen molar-refractivity contribution in [2.45, 2.75) is 73.3 Å². The molecule has 0 aliphatic heterocycles. The van der Waals surface area contributed by atoms with Crippen molar-refractivity contribution in [3.63, 3.8) is 0 Å². The average Bonchev–Trinajstić information content (AvgIpc) is 3.47. The number of ether oxygens (including phenoxy) is 1. The van der Waals surface area contributed by atoms with Gasteiger partial charge in [0, 0.05) is 35.3 Å². The van der Waals surface area contributed by atoms with Crippen LogP contribution < -0.4 is 15.4 Å². The van der Waals surface area contributed by atoms with Crippen LogP contribution >= 0.6 is 11.6 Å². The number of halogens is 1. The Morgan fingerprint density at radius 3 is 2.36 bits per heavy atom. The van der Waals surface area contributed by atoms with E-state index < -0.39 is 17.9 Å². The van der Waals surface area contributed by atoms with Gasteiger partial charge in [-0.1, -0.05) is 43.6 Å². The molecule has 3 aromatic rings. The first kappa shape index (κ1) is 33.8. The first-order valence-electron chi connectivity index (χ1n) is 15.3. The molecule has 1 aliphatic carbocycles. The number of carbonyl (C=O) groups is 3. The summed E-state index contributed by atoms with van der Waals surface area (Å²) in [5, 5.41) is 20.1. The van der Waals surface area contributed by atoms with Gasteiger partial charge in [0.25, 0.3) is 0 Å². The number of hydrogen-bond donors (Lipinski definition) is 3. The minimum Gasteiger partial charge on any atom is -0.494 e. The van der Waals surface area contributed by atoms with Crippen molar-refractivity contribution in [1.29, 1.82) is 0 Å². The van der Waals surface area contributed by atoms with E-state index in [4.69, 9.17) is 16.3 Å². The van der Waals surface area contributed by atoms with E-state index in [9.17, 15) is 19.5 Å². The number of fused-ring (bicyclic) bond motifs is 1. The van der Waals surface area contributed by atoms with Crippen molar-refractivity contribution in [3.05, 3.63) is 74.6 Å². The van der Waals surface area contributed by atoms with Crippen LogP contribution in [0.5, 0.6) is 5.75 Å². The number of carboxylic acid groups (broad SMARTS) is 1. The number of benzene rings is 2. The number of aromatic nitrogens is 2. The number of amides is 2. The summed E-state index contributed by atoms with van der Waals surface area (Å²) < 4.78 is 7.92. The molecular formula is C35H43ClN4O5. The Balaban J connectivity index is 1.56. The highest BCUT2D eigenvalue weighted by Gasteiger charge is 2.30. The number of rotatable bonds is 13. The summed E-state index contributed by atoms with van der Waals surface area (Å²) in [6.45, 7) is 11.8. The summed E-state index contributed by atoms with van der Waals surface area (Å²) in [7, 11) is 1.92. The van der Waals surface area contributed by atoms with Crippen LogP contribution in [0, 0.1) is 33.6 Å². The summed E-state index contributed by atoms with van der Waals surface area (Å²) >= 11 is 6.32. The molecule has 1 aliphatic rings. The second kappa shape index (κ2) is 14.3. The predicted molar refractivity (Wildman–Crippen MR) is 176 cm³/mol. The van der Waals surface area contributed by atoms with Crippen LogP contribution in [0.2, 0.25) is 5.02 Å². The molecule has 0 spiro atoms. The van der Waals surface area contributed by atoms with Crippen molar-refractivity contribution < 1.29 is 24.2 Å². The lowest BCUT2D eigenvalue weighted by atomic mass is 9.93. The Bertz CT molecular complexity index is 1630. The van der Waals surface area contributed by atoms with Crippen LogP contribution in [0.3, 0.4) is 0 Å². The van der Waals surface area contributed by atoms with Gasteiger partial charge in [0.15, 0.2) is 0 Å². The quantitative estimate of drug-likeness (QED) is 0.202. The highest BCUT2D eigenvalue weighted by atomic mass is 35.5. The zero-order valence-corrected chi connectivity index (χ0v) is 27.9. The van der Waals surface area contributed by atoms with Crippen LogP contribution in [-0.2, 0) is 27.9 Å². The zero-order chi connectivity index (χ0) is 33.0. The van der Waals surface area contributed by atoms with Gasteiger partial charge in [0.05, 0.1) is 18.8 Å². The predicted octanol–water partition coefficient (Wildman–Crippen LogP) is 5.87. The van der Waals surface area contributed by atoms with E-state index in [-0.39, 0.29) is 18.4 Å². The Morgan fingerprint density at radius 1 is 1.09 bits per heavy atom. The third kappa shape index (κ3) is 7.76. The van der Waals surface area contributed by atoms with E-state index in [0.29, 0.717) is 37.9 Å². The molecule has 0 fully saturated rings. The maximum atomic E-state index is 13.6. The average molecular weight is 635 g/mol. The summed E-state index contributed by atoms with van der Waals surface area (Å²) in [5.74, 6) is -1.15. The van der Waals surface area contributed by atoms with Gasteiger partial charge in [-0.2, -0.15) is 5.10 Å². The molecule has 0 saturated carbocycles. The molecule has 9 nitrogen and oxygen atoms in total. The monoisotopic (exact) mass is 634 g/mol. The van der Waals surface area contributed by atoms with Crippen molar-refractivity contribution in [2.24, 2.45) is 13.0 Å². The van der Waals surface area contributed by atoms with Gasteiger partial charge in [-0.3, -0.25) is 14.3 Å². The Kier molecular flexibility index (Phi) is 10.8. The first-order chi connectivity index (χ1) is 21.3. The largest absolute Gasteiger partial charge is 0.494 e. The SMILES string of the molecule is Cc1cc(OCCCC2=C(C(=O)NCC(=O)N[C@@H](CC(C)C)C(=O)O)Cc3c2cccc3-c2c(C)nn(C)c2C)cc(C)c1Cl. The molecule has 3 N–H and O–H groups in total. The van der Waals surface area contributed by atoms with Gasteiger partial charge in [0.2, 0.25) is 11.8 Å². The van der Waals surface area contributed by atoms with E-state index in [0.717, 1.165) is 61.1 Å². The smallest absolute Gasteiger partial charge is 0.326 e. The maximum Gasteiger partial charge on any atom is 0.326 e. The van der Waals surface area contributed by atoms with Crippen LogP contribution in [0.25, 0.3) is 16.7 Å². The molecule has 1 aromatic heterocycles. The molecule has 1 atom stereocenters. The number of aryl methyl sites for hydroxylation is 4. The highest BCUT2D eigenvalue weighted by molar-refractivity contribution is 6.32. The summed E-state index contributed by atoms with van der Waals surface area (Å²) in [5.41, 5.74) is 9.51. The van der Waals surface area contributed by atoms with Crippen LogP contribution in [-0.4, -0.2) is 51.9 Å². The fourth-order valence-electron chi connectivity index (χ4n) is 6.04. The topological polar surface area (TPSA) is 123 Å². The Morgan fingerprint density at radius 2 is 1.76 bits per heavy atom.